The Bertz CT molecular complexity index is 1240. The number of nitrogens with zero attached hydrogens (tertiary/aromatic N) is 1. The molecule has 0 aromatic rings. The summed E-state index contributed by atoms with van der Waals surface area (Å²) in [4.78, 5) is 37.9. The number of allylic oxidation sites excluding steroid dienone is 4. The van der Waals surface area contributed by atoms with Gasteiger partial charge in [-0.1, -0.05) is 263 Å². The lowest BCUT2D eigenvalue weighted by molar-refractivity contribution is -0.870. The van der Waals surface area contributed by atoms with E-state index in [1.807, 2.05) is 21.1 Å². The zero-order valence-electron chi connectivity index (χ0n) is 47.0. The first-order chi connectivity index (χ1) is 34.0. The monoisotopic (exact) mass is 1010 g/mol. The Balaban J connectivity index is 4.12. The van der Waals surface area contributed by atoms with Gasteiger partial charge in [-0.2, -0.15) is 0 Å². The van der Waals surface area contributed by atoms with Crippen molar-refractivity contribution in [1.82, 2.24) is 0 Å². The van der Waals surface area contributed by atoms with Gasteiger partial charge in [0, 0.05) is 12.8 Å². The van der Waals surface area contributed by atoms with Crippen LogP contribution in [0, 0.1) is 0 Å². The Morgan fingerprint density at radius 1 is 0.443 bits per heavy atom. The van der Waals surface area contributed by atoms with Gasteiger partial charge in [0.1, 0.15) is 19.8 Å². The Hall–Kier alpha value is -1.51. The van der Waals surface area contributed by atoms with E-state index in [0.29, 0.717) is 17.4 Å². The predicted octanol–water partition coefficient (Wildman–Crippen LogP) is 18.0. The van der Waals surface area contributed by atoms with Crippen molar-refractivity contribution in [3.8, 4) is 0 Å². The van der Waals surface area contributed by atoms with Crippen LogP contribution in [0.2, 0.25) is 0 Å². The van der Waals surface area contributed by atoms with E-state index >= 15 is 0 Å². The SMILES string of the molecule is CCCCCCC/C=C\C/C=C\CCCCCCCCCCCCCC(=O)OC(COC(=O)CCCCCCCCCCCCCCCCCCCCCCCCC)COP(=O)([O-])OCC[N+](C)(C)C. The van der Waals surface area contributed by atoms with E-state index in [9.17, 15) is 19.0 Å². The van der Waals surface area contributed by atoms with Crippen molar-refractivity contribution in [3.63, 3.8) is 0 Å². The van der Waals surface area contributed by atoms with Gasteiger partial charge in [-0.05, 0) is 44.9 Å². The van der Waals surface area contributed by atoms with Crippen LogP contribution in [0.4, 0.5) is 0 Å². The fourth-order valence-corrected chi connectivity index (χ4v) is 9.54. The molecule has 0 saturated heterocycles. The number of phosphoric acid groups is 1. The van der Waals surface area contributed by atoms with Crippen LogP contribution in [-0.4, -0.2) is 70.0 Å². The zero-order valence-corrected chi connectivity index (χ0v) is 47.9. The largest absolute Gasteiger partial charge is 0.756 e. The highest BCUT2D eigenvalue weighted by Gasteiger charge is 2.22. The zero-order chi connectivity index (χ0) is 51.3. The van der Waals surface area contributed by atoms with Crippen molar-refractivity contribution in [2.45, 2.75) is 302 Å². The third kappa shape index (κ3) is 55.8. The summed E-state index contributed by atoms with van der Waals surface area (Å²) >= 11 is 0. The molecule has 0 aromatic carbocycles. The average Bonchev–Trinajstić information content (AvgIpc) is 3.32. The van der Waals surface area contributed by atoms with Crippen molar-refractivity contribution < 1.29 is 42.1 Å². The van der Waals surface area contributed by atoms with Crippen LogP contribution < -0.4 is 4.89 Å². The van der Waals surface area contributed by atoms with Crippen LogP contribution in [-0.2, 0) is 32.7 Å². The number of phosphoric ester groups is 1. The first-order valence-corrected chi connectivity index (χ1v) is 31.5. The topological polar surface area (TPSA) is 111 Å². The van der Waals surface area contributed by atoms with E-state index in [2.05, 4.69) is 38.2 Å². The van der Waals surface area contributed by atoms with Gasteiger partial charge in [-0.25, -0.2) is 0 Å². The molecule has 0 N–H and O–H groups in total. The summed E-state index contributed by atoms with van der Waals surface area (Å²) in [5.74, 6) is -0.818. The highest BCUT2D eigenvalue weighted by molar-refractivity contribution is 7.45. The van der Waals surface area contributed by atoms with Gasteiger partial charge in [0.05, 0.1) is 27.7 Å². The third-order valence-electron chi connectivity index (χ3n) is 13.5. The molecule has 0 fully saturated rings. The molecular weight excluding hydrogens is 894 g/mol. The van der Waals surface area contributed by atoms with Gasteiger partial charge in [-0.15, -0.1) is 0 Å². The normalized spacial score (nSPS) is 13.4. The summed E-state index contributed by atoms with van der Waals surface area (Å²) in [6, 6.07) is 0. The number of hydrogen-bond acceptors (Lipinski definition) is 8. The van der Waals surface area contributed by atoms with Gasteiger partial charge in [0.15, 0.2) is 6.10 Å². The summed E-state index contributed by atoms with van der Waals surface area (Å²) < 4.78 is 34.2. The van der Waals surface area contributed by atoms with Crippen LogP contribution >= 0.6 is 7.82 Å². The van der Waals surface area contributed by atoms with Crippen LogP contribution in [0.3, 0.4) is 0 Å². The molecule has 0 heterocycles. The molecule has 70 heavy (non-hydrogen) atoms. The molecule has 0 spiro atoms. The Morgan fingerprint density at radius 2 is 0.771 bits per heavy atom. The van der Waals surface area contributed by atoms with Crippen molar-refractivity contribution in [2.24, 2.45) is 0 Å². The minimum absolute atomic E-state index is 0.0285. The molecule has 0 saturated carbocycles. The van der Waals surface area contributed by atoms with Gasteiger partial charge in [-0.3, -0.25) is 14.2 Å². The van der Waals surface area contributed by atoms with Crippen molar-refractivity contribution in [2.75, 3.05) is 47.5 Å². The summed E-state index contributed by atoms with van der Waals surface area (Å²) in [5.41, 5.74) is 0. The minimum Gasteiger partial charge on any atom is -0.756 e. The van der Waals surface area contributed by atoms with Gasteiger partial charge < -0.3 is 27.9 Å². The standard InChI is InChI=1S/C60H116NO8P/c1-6-8-10-12-14-16-18-20-22-24-26-28-30-32-34-36-38-40-42-44-46-48-50-52-59(62)66-56-58(57-68-70(64,65)67-55-54-61(3,4)5)69-60(63)53-51-49-47-45-43-41-39-37-35-33-31-29-27-25-23-21-19-17-15-13-11-9-7-2/h19,21,25,27,58H,6-18,20,22-24,26,28-57H2,1-5H3/b21-19-,27-25-. The van der Waals surface area contributed by atoms with Crippen LogP contribution in [0.5, 0.6) is 0 Å². The Kier molecular flexibility index (Phi) is 51.2. The van der Waals surface area contributed by atoms with E-state index < -0.39 is 26.5 Å². The number of rotatable bonds is 56. The molecule has 0 aliphatic heterocycles. The molecule has 0 aliphatic carbocycles. The Labute approximate surface area is 434 Å². The number of ether oxygens (including phenoxy) is 2. The van der Waals surface area contributed by atoms with Gasteiger partial charge in [0.25, 0.3) is 7.82 Å². The second-order valence-corrected chi connectivity index (χ2v) is 23.1. The van der Waals surface area contributed by atoms with Gasteiger partial charge >= 0.3 is 11.9 Å². The van der Waals surface area contributed by atoms with E-state index in [1.54, 1.807) is 0 Å². The molecule has 0 amide bonds. The molecule has 0 aliphatic rings. The fraction of sp³-hybridized carbons (Fsp3) is 0.900. The van der Waals surface area contributed by atoms with E-state index in [4.69, 9.17) is 18.5 Å². The molecule has 9 nitrogen and oxygen atoms in total. The summed E-state index contributed by atoms with van der Waals surface area (Å²) in [5, 5.41) is 0. The van der Waals surface area contributed by atoms with E-state index in [1.165, 1.54) is 218 Å². The van der Waals surface area contributed by atoms with Crippen LogP contribution in [0.15, 0.2) is 24.3 Å². The maximum absolute atomic E-state index is 12.8. The van der Waals surface area contributed by atoms with E-state index in [0.717, 1.165) is 44.9 Å². The Morgan fingerprint density at radius 3 is 1.13 bits per heavy atom. The molecule has 0 rings (SSSR count). The van der Waals surface area contributed by atoms with Crippen LogP contribution in [0.25, 0.3) is 0 Å². The third-order valence-corrected chi connectivity index (χ3v) is 14.4. The number of carbonyl (C=O) groups is 2. The fourth-order valence-electron chi connectivity index (χ4n) is 8.81. The number of unbranched alkanes of at least 4 members (excludes halogenated alkanes) is 38. The molecule has 414 valence electrons. The number of quaternary nitrogens is 1. The second kappa shape index (κ2) is 52.4. The number of carbonyl (C=O) groups excluding carboxylic acids is 2. The summed E-state index contributed by atoms with van der Waals surface area (Å²) in [6.45, 7) is 4.28. The second-order valence-electron chi connectivity index (χ2n) is 21.7. The highest BCUT2D eigenvalue weighted by atomic mass is 31.2. The van der Waals surface area contributed by atoms with Gasteiger partial charge in [0.2, 0.25) is 0 Å². The number of likely N-dealkylation sites (N-methyl/N-ethyl adjacent to an activating group) is 1. The smallest absolute Gasteiger partial charge is 0.306 e. The quantitative estimate of drug-likeness (QED) is 0.0195. The van der Waals surface area contributed by atoms with Crippen molar-refractivity contribution >= 4 is 19.8 Å². The number of hydrogen-bond donors (Lipinski definition) is 0. The maximum atomic E-state index is 12.8. The molecule has 2 atom stereocenters. The lowest BCUT2D eigenvalue weighted by Gasteiger charge is -2.28. The molecule has 0 radical (unpaired) electrons. The molecule has 10 heteroatoms. The molecule has 0 aromatic heterocycles. The van der Waals surface area contributed by atoms with Crippen molar-refractivity contribution in [1.29, 1.82) is 0 Å². The summed E-state index contributed by atoms with van der Waals surface area (Å²) in [7, 11) is 1.18. The predicted molar refractivity (Wildman–Crippen MR) is 296 cm³/mol. The first-order valence-electron chi connectivity index (χ1n) is 30.0. The lowest BCUT2D eigenvalue weighted by Crippen LogP contribution is -2.37. The maximum Gasteiger partial charge on any atom is 0.306 e. The molecule has 2 unspecified atom stereocenters. The molecular formula is C60H116NO8P. The summed E-state index contributed by atoms with van der Waals surface area (Å²) in [6.07, 6.45) is 62.2. The molecule has 0 bridgehead atoms. The lowest BCUT2D eigenvalue weighted by atomic mass is 10.0. The van der Waals surface area contributed by atoms with Crippen LogP contribution in [0.1, 0.15) is 296 Å². The average molecular weight is 1010 g/mol. The minimum atomic E-state index is -4.63. The van der Waals surface area contributed by atoms with Crippen molar-refractivity contribution in [3.05, 3.63) is 24.3 Å². The number of esters is 2. The van der Waals surface area contributed by atoms with E-state index in [-0.39, 0.29) is 32.0 Å². The first kappa shape index (κ1) is 68.5. The highest BCUT2D eigenvalue weighted by Crippen LogP contribution is 2.38.